The molecule has 0 atom stereocenters. The number of hydrogen-bond acceptors (Lipinski definition) is 3. The lowest BCUT2D eigenvalue weighted by Gasteiger charge is -2.26. The molecule has 2 aromatic carbocycles. The van der Waals surface area contributed by atoms with Crippen LogP contribution in [0, 0.1) is 0 Å². The molecule has 0 aromatic heterocycles. The van der Waals surface area contributed by atoms with Gasteiger partial charge in [0.05, 0.1) is 5.41 Å². The monoisotopic (exact) mass is 535 g/mol. The molecule has 0 unspecified atom stereocenters. The van der Waals surface area contributed by atoms with Gasteiger partial charge in [0.15, 0.2) is 5.71 Å². The fourth-order valence-corrected chi connectivity index (χ4v) is 6.85. The molecule has 0 radical (unpaired) electrons. The zero-order chi connectivity index (χ0) is 28.7. The number of hydrogen-bond donors (Lipinski definition) is 1. The highest BCUT2D eigenvalue weighted by Crippen LogP contribution is 2.47. The number of benzene rings is 2. The van der Waals surface area contributed by atoms with Gasteiger partial charge in [-0.1, -0.05) is 62.4 Å². The number of fused-ring (bicyclic) bond motifs is 2. The molecule has 210 valence electrons. The number of para-hydroxylation sites is 2. The maximum atomic E-state index is 3.85. The molecule has 2 heterocycles. The number of anilines is 1. The first kappa shape index (κ1) is 28.2. The Hall–Kier alpha value is -3.37. The topological polar surface area (TPSA) is 21.5 Å². The summed E-state index contributed by atoms with van der Waals surface area (Å²) < 4.78 is 2.37. The van der Waals surface area contributed by atoms with E-state index in [0.717, 1.165) is 25.9 Å². The molecule has 0 bridgehead atoms. The van der Waals surface area contributed by atoms with Crippen LogP contribution in [-0.4, -0.2) is 56.5 Å². The Balaban J connectivity index is 1.51. The van der Waals surface area contributed by atoms with Crippen molar-refractivity contribution in [3.05, 3.63) is 107 Å². The molecule has 4 heteroatoms. The van der Waals surface area contributed by atoms with Crippen LogP contribution in [0.25, 0.3) is 0 Å². The van der Waals surface area contributed by atoms with Crippen LogP contribution in [0.15, 0.2) is 95.4 Å². The van der Waals surface area contributed by atoms with E-state index in [1.165, 1.54) is 57.2 Å². The Morgan fingerprint density at radius 2 is 1.60 bits per heavy atom. The van der Waals surface area contributed by atoms with E-state index in [0.29, 0.717) is 0 Å². The van der Waals surface area contributed by atoms with E-state index in [-0.39, 0.29) is 10.8 Å². The van der Waals surface area contributed by atoms with Gasteiger partial charge in [0.2, 0.25) is 5.69 Å². The second-order valence-corrected chi connectivity index (χ2v) is 12.8. The molecule has 40 heavy (non-hydrogen) atoms. The number of likely N-dealkylation sites (N-methyl/N-ethyl adjacent to an activating group) is 2. The number of nitrogens with one attached hydrogen (secondary N) is 1. The summed E-state index contributed by atoms with van der Waals surface area (Å²) in [6.45, 7) is 11.3. The van der Waals surface area contributed by atoms with Gasteiger partial charge in [-0.15, -0.1) is 0 Å². The smallest absolute Gasteiger partial charge is 0.209 e. The maximum absolute atomic E-state index is 3.85. The van der Waals surface area contributed by atoms with E-state index in [4.69, 9.17) is 0 Å². The van der Waals surface area contributed by atoms with Gasteiger partial charge in [0.1, 0.15) is 7.05 Å². The third-order valence-electron chi connectivity index (χ3n) is 9.16. The molecule has 2 aliphatic heterocycles. The highest BCUT2D eigenvalue weighted by molar-refractivity contribution is 6.03. The molecule has 2 aromatic rings. The molecule has 1 aliphatic carbocycles. The Morgan fingerprint density at radius 1 is 0.900 bits per heavy atom. The molecule has 0 amide bonds. The van der Waals surface area contributed by atoms with Crippen molar-refractivity contribution in [2.45, 2.75) is 57.8 Å². The Kier molecular flexibility index (Phi) is 7.67. The summed E-state index contributed by atoms with van der Waals surface area (Å²) in [7, 11) is 8.68. The highest BCUT2D eigenvalue weighted by Gasteiger charge is 2.42. The molecule has 0 fully saturated rings. The number of allylic oxidation sites excluding steroid dienone is 7. The number of rotatable bonds is 7. The van der Waals surface area contributed by atoms with Crippen LogP contribution in [-0.2, 0) is 10.8 Å². The minimum atomic E-state index is -0.0215. The molecular weight excluding hydrogens is 488 g/mol. The minimum Gasteiger partial charge on any atom is -0.383 e. The second kappa shape index (κ2) is 10.9. The zero-order valence-electron chi connectivity index (χ0n) is 25.8. The summed E-state index contributed by atoms with van der Waals surface area (Å²) in [5.41, 5.74) is 12.2. The van der Waals surface area contributed by atoms with Crippen LogP contribution < -0.4 is 10.2 Å². The van der Waals surface area contributed by atoms with Gasteiger partial charge in [0.25, 0.3) is 0 Å². The predicted octanol–water partition coefficient (Wildman–Crippen LogP) is 7.08. The fraction of sp³-hybridized carbons (Fsp3) is 0.417. The highest BCUT2D eigenvalue weighted by atomic mass is 15.2. The third-order valence-corrected chi connectivity index (χ3v) is 9.16. The summed E-state index contributed by atoms with van der Waals surface area (Å²) in [5, 5.41) is 3.85. The van der Waals surface area contributed by atoms with E-state index < -0.39 is 0 Å². The standard InChI is InChI=1S/C36H46N4/c1-35(2)28-16-9-11-18-30(28)39(7)32(35)22-20-26-14-13-15-27(34(26)37-24-25-38(5)6)21-23-33-36(3,4)29-17-10-12-19-31(29)40(33)8/h9-12,16-23H,13-15,24-25H2,1-8H3/p+1. The van der Waals surface area contributed by atoms with Crippen LogP contribution in [0.3, 0.4) is 0 Å². The van der Waals surface area contributed by atoms with Crippen molar-refractivity contribution in [1.82, 2.24) is 10.2 Å². The molecule has 4 nitrogen and oxygen atoms in total. The van der Waals surface area contributed by atoms with Crippen LogP contribution >= 0.6 is 0 Å². The van der Waals surface area contributed by atoms with Gasteiger partial charge in [0, 0.05) is 60.3 Å². The zero-order valence-corrected chi connectivity index (χ0v) is 25.8. The van der Waals surface area contributed by atoms with Crippen LogP contribution in [0.2, 0.25) is 0 Å². The van der Waals surface area contributed by atoms with Crippen molar-refractivity contribution in [2.24, 2.45) is 0 Å². The Morgan fingerprint density at radius 3 is 2.30 bits per heavy atom. The molecule has 0 saturated heterocycles. The quantitative estimate of drug-likeness (QED) is 0.383. The Bertz CT molecular complexity index is 1440. The first-order valence-corrected chi connectivity index (χ1v) is 14.8. The van der Waals surface area contributed by atoms with Gasteiger partial charge in [-0.3, -0.25) is 0 Å². The van der Waals surface area contributed by atoms with Crippen molar-refractivity contribution < 1.29 is 4.58 Å². The summed E-state index contributed by atoms with van der Waals surface area (Å²) in [4.78, 5) is 4.61. The third kappa shape index (κ3) is 4.99. The normalized spacial score (nSPS) is 21.8. The Labute approximate surface area is 242 Å². The van der Waals surface area contributed by atoms with E-state index in [1.54, 1.807) is 0 Å². The van der Waals surface area contributed by atoms with E-state index in [9.17, 15) is 0 Å². The van der Waals surface area contributed by atoms with Crippen LogP contribution in [0.4, 0.5) is 11.4 Å². The molecule has 0 spiro atoms. The van der Waals surface area contributed by atoms with Gasteiger partial charge in [-0.2, -0.15) is 4.58 Å². The first-order valence-electron chi connectivity index (χ1n) is 14.8. The van der Waals surface area contributed by atoms with Gasteiger partial charge >= 0.3 is 0 Å². The average Bonchev–Trinajstić information content (AvgIpc) is 3.24. The molecule has 1 N–H and O–H groups in total. The van der Waals surface area contributed by atoms with Crippen LogP contribution in [0.1, 0.15) is 58.1 Å². The van der Waals surface area contributed by atoms with Crippen molar-refractivity contribution in [3.63, 3.8) is 0 Å². The van der Waals surface area contributed by atoms with Gasteiger partial charge < -0.3 is 15.1 Å². The average molecular weight is 536 g/mol. The van der Waals surface area contributed by atoms with Gasteiger partial charge in [-0.05, 0) is 76.1 Å². The molecular formula is C36H47N4+. The van der Waals surface area contributed by atoms with Crippen molar-refractivity contribution >= 4 is 17.1 Å². The molecule has 3 aliphatic rings. The van der Waals surface area contributed by atoms with E-state index in [2.05, 4.69) is 148 Å². The lowest BCUT2D eigenvalue weighted by atomic mass is 9.81. The minimum absolute atomic E-state index is 0.0215. The summed E-state index contributed by atoms with van der Waals surface area (Å²) in [6, 6.07) is 17.6. The molecule has 0 saturated carbocycles. The summed E-state index contributed by atoms with van der Waals surface area (Å²) in [6.07, 6.45) is 12.9. The van der Waals surface area contributed by atoms with Crippen molar-refractivity contribution in [2.75, 3.05) is 46.2 Å². The largest absolute Gasteiger partial charge is 0.383 e. The van der Waals surface area contributed by atoms with E-state index in [1.807, 2.05) is 0 Å². The first-order chi connectivity index (χ1) is 19.0. The molecule has 5 rings (SSSR count). The van der Waals surface area contributed by atoms with Crippen molar-refractivity contribution in [1.29, 1.82) is 0 Å². The number of nitrogens with zero attached hydrogens (tertiary/aromatic N) is 3. The SMILES string of the molecule is CN(C)CCNC1=C(C=CC2=[N+](C)c3ccccc3C2(C)C)CCCC1=CC=C1N(C)c2ccccc2C1(C)C. The second-order valence-electron chi connectivity index (χ2n) is 12.8. The van der Waals surface area contributed by atoms with Crippen LogP contribution in [0.5, 0.6) is 0 Å². The van der Waals surface area contributed by atoms with E-state index >= 15 is 0 Å². The lowest BCUT2D eigenvalue weighted by molar-refractivity contribution is -0.401. The summed E-state index contributed by atoms with van der Waals surface area (Å²) in [5.74, 6) is 0. The maximum Gasteiger partial charge on any atom is 0.209 e. The lowest BCUT2D eigenvalue weighted by Crippen LogP contribution is -2.29. The van der Waals surface area contributed by atoms with Crippen molar-refractivity contribution in [3.8, 4) is 0 Å². The fourth-order valence-electron chi connectivity index (χ4n) is 6.85. The van der Waals surface area contributed by atoms with Gasteiger partial charge in [-0.25, -0.2) is 0 Å². The summed E-state index contributed by atoms with van der Waals surface area (Å²) >= 11 is 0. The predicted molar refractivity (Wildman–Crippen MR) is 171 cm³/mol.